The second-order valence-corrected chi connectivity index (χ2v) is 6.56. The Labute approximate surface area is 126 Å². The Bertz CT molecular complexity index is 603. The fourth-order valence-corrected chi connectivity index (χ4v) is 3.65. The lowest BCUT2D eigenvalue weighted by atomic mass is 10.1. The Hall–Kier alpha value is -1.16. The number of nitrogens with one attached hydrogen (secondary N) is 1. The number of benzene rings is 1. The zero-order valence-corrected chi connectivity index (χ0v) is 12.8. The van der Waals surface area contributed by atoms with Crippen LogP contribution in [0, 0.1) is 0 Å². The van der Waals surface area contributed by atoms with Gasteiger partial charge < -0.3 is 5.73 Å². The maximum Gasteiger partial charge on any atom is 0.265 e. The number of nitrogens with two attached hydrogens (primary N) is 2. The van der Waals surface area contributed by atoms with Gasteiger partial charge in [0.15, 0.2) is 4.34 Å². The molecule has 0 aliphatic carbocycles. The third-order valence-corrected chi connectivity index (χ3v) is 4.89. The first-order valence-electron chi connectivity index (χ1n) is 5.11. The van der Waals surface area contributed by atoms with Crippen molar-refractivity contribution in [3.8, 4) is 0 Å². The van der Waals surface area contributed by atoms with Gasteiger partial charge in [0.05, 0.1) is 0 Å². The van der Waals surface area contributed by atoms with Gasteiger partial charge in [-0.1, -0.05) is 45.1 Å². The SMILES string of the molecule is NNC(=O)c1ccc(CSc2nnc(N)s2)c(Br)c1. The summed E-state index contributed by atoms with van der Waals surface area (Å²) in [5.74, 6) is 5.47. The van der Waals surface area contributed by atoms with E-state index in [0.717, 1.165) is 14.4 Å². The van der Waals surface area contributed by atoms with Gasteiger partial charge in [-0.2, -0.15) is 0 Å². The van der Waals surface area contributed by atoms with Crippen molar-refractivity contribution < 1.29 is 4.79 Å². The number of nitrogen functional groups attached to an aromatic ring is 2. The minimum absolute atomic E-state index is 0.322. The van der Waals surface area contributed by atoms with Crippen LogP contribution < -0.4 is 17.0 Å². The molecule has 0 atom stereocenters. The third-order valence-electron chi connectivity index (χ3n) is 2.22. The topological polar surface area (TPSA) is 107 Å². The van der Waals surface area contributed by atoms with Crippen molar-refractivity contribution in [3.63, 3.8) is 0 Å². The molecule has 0 saturated heterocycles. The molecule has 0 aliphatic rings. The average molecular weight is 360 g/mol. The number of carbonyl (C=O) groups excluding carboxylic acids is 1. The van der Waals surface area contributed by atoms with Gasteiger partial charge in [-0.25, -0.2) is 5.84 Å². The Morgan fingerprint density at radius 2 is 2.26 bits per heavy atom. The summed E-state index contributed by atoms with van der Waals surface area (Å²) in [5, 5.41) is 8.13. The molecule has 0 aliphatic heterocycles. The molecule has 1 amide bonds. The summed E-state index contributed by atoms with van der Waals surface area (Å²) in [7, 11) is 0. The molecule has 1 heterocycles. The van der Waals surface area contributed by atoms with Crippen molar-refractivity contribution in [1.82, 2.24) is 15.6 Å². The number of anilines is 1. The van der Waals surface area contributed by atoms with Crippen LogP contribution in [0.5, 0.6) is 0 Å². The molecule has 2 rings (SSSR count). The van der Waals surface area contributed by atoms with Gasteiger partial charge in [-0.3, -0.25) is 10.2 Å². The highest BCUT2D eigenvalue weighted by atomic mass is 79.9. The fraction of sp³-hybridized carbons (Fsp3) is 0.100. The predicted molar refractivity (Wildman–Crippen MR) is 79.7 cm³/mol. The molecule has 0 saturated carbocycles. The van der Waals surface area contributed by atoms with Crippen molar-refractivity contribution in [2.24, 2.45) is 5.84 Å². The van der Waals surface area contributed by atoms with E-state index in [1.54, 1.807) is 12.1 Å². The zero-order chi connectivity index (χ0) is 13.8. The maximum atomic E-state index is 11.4. The van der Waals surface area contributed by atoms with Crippen molar-refractivity contribution in [2.75, 3.05) is 5.73 Å². The summed E-state index contributed by atoms with van der Waals surface area (Å²) >= 11 is 6.32. The first-order valence-corrected chi connectivity index (χ1v) is 7.71. The second-order valence-electron chi connectivity index (χ2n) is 3.47. The molecule has 0 unspecified atom stereocenters. The smallest absolute Gasteiger partial charge is 0.265 e. The van der Waals surface area contributed by atoms with E-state index in [0.29, 0.717) is 16.4 Å². The van der Waals surface area contributed by atoms with E-state index < -0.39 is 0 Å². The van der Waals surface area contributed by atoms with Crippen LogP contribution >= 0.6 is 39.0 Å². The van der Waals surface area contributed by atoms with Gasteiger partial charge in [0.25, 0.3) is 5.91 Å². The monoisotopic (exact) mass is 359 g/mol. The Kier molecular flexibility index (Phi) is 4.75. The molecular weight excluding hydrogens is 350 g/mol. The van der Waals surface area contributed by atoms with E-state index in [4.69, 9.17) is 11.6 Å². The van der Waals surface area contributed by atoms with Crippen LogP contribution in [0.25, 0.3) is 0 Å². The van der Waals surface area contributed by atoms with Crippen LogP contribution in [-0.4, -0.2) is 16.1 Å². The van der Waals surface area contributed by atoms with Crippen molar-refractivity contribution >= 4 is 50.1 Å². The number of carbonyl (C=O) groups is 1. The summed E-state index contributed by atoms with van der Waals surface area (Å²) in [6.07, 6.45) is 0. The molecule has 19 heavy (non-hydrogen) atoms. The van der Waals surface area contributed by atoms with Gasteiger partial charge in [-0.05, 0) is 17.7 Å². The largest absolute Gasteiger partial charge is 0.374 e. The van der Waals surface area contributed by atoms with Gasteiger partial charge in [0.1, 0.15) is 0 Å². The quantitative estimate of drug-likeness (QED) is 0.332. The summed E-state index contributed by atoms with van der Waals surface area (Å²) in [5.41, 5.74) is 9.16. The van der Waals surface area contributed by atoms with Gasteiger partial charge >= 0.3 is 0 Å². The normalized spacial score (nSPS) is 10.4. The number of nitrogens with zero attached hydrogens (tertiary/aromatic N) is 2. The summed E-state index contributed by atoms with van der Waals surface area (Å²) < 4.78 is 1.66. The predicted octanol–water partition coefficient (Wildman–Crippen LogP) is 1.78. The zero-order valence-electron chi connectivity index (χ0n) is 9.59. The number of hydrogen-bond acceptors (Lipinski definition) is 7. The molecule has 6 nitrogen and oxygen atoms in total. The number of halogens is 1. The van der Waals surface area contributed by atoms with Crippen LogP contribution in [-0.2, 0) is 5.75 Å². The Morgan fingerprint density at radius 1 is 1.47 bits per heavy atom. The van der Waals surface area contributed by atoms with E-state index in [9.17, 15) is 4.79 Å². The highest BCUT2D eigenvalue weighted by Gasteiger charge is 2.09. The Morgan fingerprint density at radius 3 is 2.84 bits per heavy atom. The number of aromatic nitrogens is 2. The summed E-state index contributed by atoms with van der Waals surface area (Å²) in [4.78, 5) is 11.4. The number of hydrogen-bond donors (Lipinski definition) is 3. The summed E-state index contributed by atoms with van der Waals surface area (Å²) in [6, 6.07) is 5.32. The number of hydrazine groups is 1. The fourth-order valence-electron chi connectivity index (χ4n) is 1.31. The number of thioether (sulfide) groups is 1. The highest BCUT2D eigenvalue weighted by Crippen LogP contribution is 2.30. The highest BCUT2D eigenvalue weighted by molar-refractivity contribution is 9.10. The molecule has 0 spiro atoms. The maximum absolute atomic E-state index is 11.4. The van der Waals surface area contributed by atoms with Gasteiger partial charge in [0.2, 0.25) is 5.13 Å². The van der Waals surface area contributed by atoms with Crippen molar-refractivity contribution in [2.45, 2.75) is 10.1 Å². The molecule has 5 N–H and O–H groups in total. The minimum atomic E-state index is -0.322. The molecule has 0 radical (unpaired) electrons. The molecule has 100 valence electrons. The number of amides is 1. The molecule has 0 fully saturated rings. The van der Waals surface area contributed by atoms with E-state index in [1.165, 1.54) is 23.1 Å². The van der Waals surface area contributed by atoms with Gasteiger partial charge in [-0.15, -0.1) is 10.2 Å². The van der Waals surface area contributed by atoms with Crippen LogP contribution in [0.4, 0.5) is 5.13 Å². The Balaban J connectivity index is 2.07. The number of rotatable bonds is 4. The van der Waals surface area contributed by atoms with Crippen LogP contribution in [0.15, 0.2) is 27.0 Å². The molecule has 0 bridgehead atoms. The average Bonchev–Trinajstić information content (AvgIpc) is 2.82. The third kappa shape index (κ3) is 3.66. The molecule has 1 aromatic carbocycles. The van der Waals surface area contributed by atoms with Crippen molar-refractivity contribution in [1.29, 1.82) is 0 Å². The lowest BCUT2D eigenvalue weighted by Gasteiger charge is -2.05. The van der Waals surface area contributed by atoms with E-state index in [1.807, 2.05) is 6.07 Å². The first kappa shape index (κ1) is 14.3. The van der Waals surface area contributed by atoms with E-state index >= 15 is 0 Å². The second kappa shape index (κ2) is 6.33. The first-order chi connectivity index (χ1) is 9.10. The lowest BCUT2D eigenvalue weighted by molar-refractivity contribution is 0.0953. The van der Waals surface area contributed by atoms with Crippen molar-refractivity contribution in [3.05, 3.63) is 33.8 Å². The molecule has 1 aromatic heterocycles. The minimum Gasteiger partial charge on any atom is -0.374 e. The van der Waals surface area contributed by atoms with Crippen LogP contribution in [0.1, 0.15) is 15.9 Å². The molecule has 2 aromatic rings. The van der Waals surface area contributed by atoms with Crippen LogP contribution in [0.3, 0.4) is 0 Å². The molecular formula is C10H10BrN5OS2. The van der Waals surface area contributed by atoms with Crippen LogP contribution in [0.2, 0.25) is 0 Å². The van der Waals surface area contributed by atoms with Gasteiger partial charge in [0, 0.05) is 15.8 Å². The standard InChI is InChI=1S/C10H10BrN5OS2/c11-7-3-5(8(17)14-13)1-2-6(7)4-18-10-16-15-9(12)19-10/h1-3H,4,13H2,(H2,12,15)(H,14,17). The van der Waals surface area contributed by atoms with E-state index in [-0.39, 0.29) is 5.91 Å². The summed E-state index contributed by atoms with van der Waals surface area (Å²) in [6.45, 7) is 0. The lowest BCUT2D eigenvalue weighted by Crippen LogP contribution is -2.29. The van der Waals surface area contributed by atoms with E-state index in [2.05, 4.69) is 31.6 Å². The molecule has 9 heteroatoms.